The number of nitrogens with one attached hydrogen (secondary N) is 1. The second-order valence-electron chi connectivity index (χ2n) is 4.52. The normalized spacial score (nSPS) is 11.5. The molecule has 0 spiro atoms. The van der Waals surface area contributed by atoms with Gasteiger partial charge in [0.15, 0.2) is 5.78 Å². The van der Waals surface area contributed by atoms with Crippen LogP contribution in [0.1, 0.15) is 35.3 Å². The molecule has 1 aromatic carbocycles. The lowest BCUT2D eigenvalue weighted by Gasteiger charge is -2.23. The Kier molecular flexibility index (Phi) is 3.30. The summed E-state index contributed by atoms with van der Waals surface area (Å²) >= 11 is 0. The maximum absolute atomic E-state index is 12.2. The Bertz CT molecular complexity index is 380. The van der Waals surface area contributed by atoms with Gasteiger partial charge >= 0.3 is 0 Å². The third-order valence-corrected chi connectivity index (χ3v) is 2.83. The topological polar surface area (TPSA) is 29.1 Å². The van der Waals surface area contributed by atoms with E-state index in [9.17, 15) is 4.79 Å². The summed E-state index contributed by atoms with van der Waals surface area (Å²) in [7, 11) is 1.81. The predicted octanol–water partition coefficient (Wildman–Crippen LogP) is 2.48. The molecule has 2 heteroatoms. The van der Waals surface area contributed by atoms with Gasteiger partial charge in [-0.15, -0.1) is 0 Å². The summed E-state index contributed by atoms with van der Waals surface area (Å²) in [6.07, 6.45) is 0. The molecule has 15 heavy (non-hydrogen) atoms. The van der Waals surface area contributed by atoms with Crippen molar-refractivity contribution in [1.29, 1.82) is 0 Å². The minimum absolute atomic E-state index is 0.145. The molecule has 82 valence electrons. The summed E-state index contributed by atoms with van der Waals surface area (Å²) in [4.78, 5) is 12.2. The zero-order valence-corrected chi connectivity index (χ0v) is 10.1. The molecular weight excluding hydrogens is 186 g/mol. The first-order valence-corrected chi connectivity index (χ1v) is 5.19. The van der Waals surface area contributed by atoms with Crippen molar-refractivity contribution in [3.05, 3.63) is 34.9 Å². The van der Waals surface area contributed by atoms with E-state index in [1.807, 2.05) is 52.9 Å². The standard InChI is InChI=1S/C13H19NO/c1-9-6-7-10(2)11(8-9)12(15)13(3,4)14-5/h6-8,14H,1-5H3. The summed E-state index contributed by atoms with van der Waals surface area (Å²) in [5.41, 5.74) is 2.47. The van der Waals surface area contributed by atoms with Crippen LogP contribution in [0.5, 0.6) is 0 Å². The third-order valence-electron chi connectivity index (χ3n) is 2.83. The first-order chi connectivity index (χ1) is 6.88. The lowest BCUT2D eigenvalue weighted by Crippen LogP contribution is -2.44. The number of ketones is 1. The molecule has 0 saturated carbocycles. The molecule has 0 unspecified atom stereocenters. The van der Waals surface area contributed by atoms with E-state index < -0.39 is 5.54 Å². The Morgan fingerprint density at radius 2 is 1.87 bits per heavy atom. The molecular formula is C13H19NO. The van der Waals surface area contributed by atoms with Crippen molar-refractivity contribution in [2.45, 2.75) is 33.2 Å². The van der Waals surface area contributed by atoms with Crippen LogP contribution in [0, 0.1) is 13.8 Å². The van der Waals surface area contributed by atoms with Crippen molar-refractivity contribution in [3.8, 4) is 0 Å². The molecule has 2 nitrogen and oxygen atoms in total. The van der Waals surface area contributed by atoms with E-state index in [1.165, 1.54) is 0 Å². The van der Waals surface area contributed by atoms with Crippen LogP contribution in [0.2, 0.25) is 0 Å². The Balaban J connectivity index is 3.17. The summed E-state index contributed by atoms with van der Waals surface area (Å²) < 4.78 is 0. The van der Waals surface area contributed by atoms with Crippen LogP contribution in [0.25, 0.3) is 0 Å². The second kappa shape index (κ2) is 4.15. The number of hydrogen-bond acceptors (Lipinski definition) is 2. The van der Waals surface area contributed by atoms with Crippen LogP contribution in [-0.2, 0) is 0 Å². The van der Waals surface area contributed by atoms with Gasteiger partial charge in [-0.1, -0.05) is 17.7 Å². The Morgan fingerprint density at radius 1 is 1.27 bits per heavy atom. The number of Topliss-reactive ketones (excluding diaryl/α,β-unsaturated/α-hetero) is 1. The smallest absolute Gasteiger partial charge is 0.182 e. The van der Waals surface area contributed by atoms with Gasteiger partial charge < -0.3 is 5.32 Å². The lowest BCUT2D eigenvalue weighted by atomic mass is 9.90. The van der Waals surface area contributed by atoms with Gasteiger partial charge in [-0.25, -0.2) is 0 Å². The Hall–Kier alpha value is -1.15. The Labute approximate surface area is 91.7 Å². The number of benzene rings is 1. The molecule has 0 bridgehead atoms. The van der Waals surface area contributed by atoms with Gasteiger partial charge in [0.1, 0.15) is 0 Å². The van der Waals surface area contributed by atoms with E-state index in [-0.39, 0.29) is 5.78 Å². The number of aryl methyl sites for hydroxylation is 2. The summed E-state index contributed by atoms with van der Waals surface area (Å²) in [6, 6.07) is 5.98. The van der Waals surface area contributed by atoms with Crippen molar-refractivity contribution in [2.75, 3.05) is 7.05 Å². The average Bonchev–Trinajstić information content (AvgIpc) is 2.20. The van der Waals surface area contributed by atoms with Crippen molar-refractivity contribution >= 4 is 5.78 Å². The van der Waals surface area contributed by atoms with Crippen LogP contribution in [-0.4, -0.2) is 18.4 Å². The highest BCUT2D eigenvalue weighted by Gasteiger charge is 2.27. The highest BCUT2D eigenvalue weighted by molar-refractivity contribution is 6.03. The number of rotatable bonds is 3. The SMILES string of the molecule is CNC(C)(C)C(=O)c1cc(C)ccc1C. The van der Waals surface area contributed by atoms with Crippen molar-refractivity contribution in [1.82, 2.24) is 5.32 Å². The highest BCUT2D eigenvalue weighted by Crippen LogP contribution is 2.17. The van der Waals surface area contributed by atoms with Crippen molar-refractivity contribution < 1.29 is 4.79 Å². The fourth-order valence-electron chi connectivity index (χ4n) is 1.43. The minimum Gasteiger partial charge on any atom is -0.308 e. The summed E-state index contributed by atoms with van der Waals surface area (Å²) in [5.74, 6) is 0.145. The number of carbonyl (C=O) groups excluding carboxylic acids is 1. The molecule has 1 aromatic rings. The molecule has 1 rings (SSSR count). The number of likely N-dealkylation sites (N-methyl/N-ethyl adjacent to an activating group) is 1. The molecule has 0 fully saturated rings. The number of carbonyl (C=O) groups is 1. The quantitative estimate of drug-likeness (QED) is 0.768. The zero-order chi connectivity index (χ0) is 11.6. The molecule has 0 saturated heterocycles. The molecule has 0 aromatic heterocycles. The van der Waals surface area contributed by atoms with Gasteiger partial charge in [-0.05, 0) is 46.4 Å². The summed E-state index contributed by atoms with van der Waals surface area (Å²) in [5, 5.41) is 3.04. The van der Waals surface area contributed by atoms with E-state index in [1.54, 1.807) is 0 Å². The monoisotopic (exact) mass is 205 g/mol. The van der Waals surface area contributed by atoms with Gasteiger partial charge in [0.2, 0.25) is 0 Å². The van der Waals surface area contributed by atoms with Gasteiger partial charge in [0.25, 0.3) is 0 Å². The van der Waals surface area contributed by atoms with E-state index >= 15 is 0 Å². The van der Waals surface area contributed by atoms with Crippen LogP contribution >= 0.6 is 0 Å². The Morgan fingerprint density at radius 3 is 2.40 bits per heavy atom. The van der Waals surface area contributed by atoms with E-state index in [0.29, 0.717) is 0 Å². The molecule has 0 aliphatic heterocycles. The van der Waals surface area contributed by atoms with Crippen LogP contribution < -0.4 is 5.32 Å². The minimum atomic E-state index is -0.501. The number of hydrogen-bond donors (Lipinski definition) is 1. The van der Waals surface area contributed by atoms with Crippen LogP contribution in [0.3, 0.4) is 0 Å². The van der Waals surface area contributed by atoms with Gasteiger partial charge in [0.05, 0.1) is 5.54 Å². The maximum atomic E-state index is 12.2. The van der Waals surface area contributed by atoms with Crippen LogP contribution in [0.4, 0.5) is 0 Å². The molecule has 0 atom stereocenters. The zero-order valence-electron chi connectivity index (χ0n) is 10.1. The first-order valence-electron chi connectivity index (χ1n) is 5.19. The van der Waals surface area contributed by atoms with Gasteiger partial charge in [-0.2, -0.15) is 0 Å². The molecule has 0 heterocycles. The van der Waals surface area contributed by atoms with E-state index in [0.717, 1.165) is 16.7 Å². The maximum Gasteiger partial charge on any atom is 0.182 e. The molecule has 0 radical (unpaired) electrons. The predicted molar refractivity (Wildman–Crippen MR) is 63.4 cm³/mol. The van der Waals surface area contributed by atoms with E-state index in [4.69, 9.17) is 0 Å². The van der Waals surface area contributed by atoms with E-state index in [2.05, 4.69) is 5.32 Å². The third kappa shape index (κ3) is 2.45. The highest BCUT2D eigenvalue weighted by atomic mass is 16.1. The van der Waals surface area contributed by atoms with Gasteiger partial charge in [0, 0.05) is 5.56 Å². The average molecular weight is 205 g/mol. The van der Waals surface area contributed by atoms with Gasteiger partial charge in [-0.3, -0.25) is 4.79 Å². The fourth-order valence-corrected chi connectivity index (χ4v) is 1.43. The fraction of sp³-hybridized carbons (Fsp3) is 0.462. The molecule has 0 aliphatic rings. The molecule has 0 amide bonds. The lowest BCUT2D eigenvalue weighted by molar-refractivity contribution is 0.0889. The second-order valence-corrected chi connectivity index (χ2v) is 4.52. The van der Waals surface area contributed by atoms with Crippen LogP contribution in [0.15, 0.2) is 18.2 Å². The van der Waals surface area contributed by atoms with Crippen molar-refractivity contribution in [2.24, 2.45) is 0 Å². The largest absolute Gasteiger partial charge is 0.308 e. The first kappa shape index (κ1) is 11.9. The summed E-state index contributed by atoms with van der Waals surface area (Å²) in [6.45, 7) is 7.77. The van der Waals surface area contributed by atoms with Crippen molar-refractivity contribution in [3.63, 3.8) is 0 Å². The molecule has 1 N–H and O–H groups in total. The molecule has 0 aliphatic carbocycles.